The Kier molecular flexibility index (Phi) is 4.94. The minimum atomic E-state index is -3.41. The van der Waals surface area contributed by atoms with Crippen LogP contribution in [0.1, 0.15) is 39.5 Å². The molecule has 0 spiro atoms. The Morgan fingerprint density at radius 3 is 2.41 bits per heavy atom. The normalized spacial score (nSPS) is 18.1. The minimum absolute atomic E-state index is 0.0596. The first kappa shape index (κ1) is 14.4. The van der Waals surface area contributed by atoms with Crippen LogP contribution in [0.15, 0.2) is 0 Å². The number of nitrogens with two attached hydrogens (primary N) is 1. The van der Waals surface area contributed by atoms with Crippen LogP contribution in [0.5, 0.6) is 0 Å². The lowest BCUT2D eigenvalue weighted by Gasteiger charge is -2.16. The van der Waals surface area contributed by atoms with E-state index < -0.39 is 15.9 Å². The van der Waals surface area contributed by atoms with Crippen molar-refractivity contribution in [2.75, 3.05) is 6.54 Å². The Morgan fingerprint density at radius 2 is 2.00 bits per heavy atom. The maximum absolute atomic E-state index is 11.6. The summed E-state index contributed by atoms with van der Waals surface area (Å²) < 4.78 is 25.2. The first-order valence-corrected chi connectivity index (χ1v) is 7.64. The van der Waals surface area contributed by atoms with Gasteiger partial charge in [0.25, 0.3) is 0 Å². The van der Waals surface area contributed by atoms with E-state index in [1.54, 1.807) is 0 Å². The van der Waals surface area contributed by atoms with Gasteiger partial charge >= 0.3 is 0 Å². The van der Waals surface area contributed by atoms with Crippen molar-refractivity contribution >= 4 is 15.9 Å². The number of rotatable bonds is 7. The van der Waals surface area contributed by atoms with Crippen molar-refractivity contribution in [2.45, 2.75) is 44.8 Å². The molecule has 0 radical (unpaired) electrons. The summed E-state index contributed by atoms with van der Waals surface area (Å²) >= 11 is 0. The fourth-order valence-corrected chi connectivity index (χ4v) is 3.18. The fourth-order valence-electron chi connectivity index (χ4n) is 1.85. The number of amides is 1. The second-order valence-corrected chi connectivity index (χ2v) is 7.17. The highest BCUT2D eigenvalue weighted by atomic mass is 32.2. The predicted octanol–water partition coefficient (Wildman–Crippen LogP) is 0.606. The number of carbonyl (C=O) groups is 1. The average Bonchev–Trinajstić information content (AvgIpc) is 2.97. The van der Waals surface area contributed by atoms with Gasteiger partial charge in [0.05, 0.1) is 5.25 Å². The Balaban J connectivity index is 2.42. The summed E-state index contributed by atoms with van der Waals surface area (Å²) in [6.07, 6.45) is 2.36. The molecule has 5 nitrogen and oxygen atoms in total. The van der Waals surface area contributed by atoms with Gasteiger partial charge in [-0.15, -0.1) is 0 Å². The minimum Gasteiger partial charge on any atom is -0.330 e. The average molecular weight is 262 g/mol. The zero-order chi connectivity index (χ0) is 13.1. The van der Waals surface area contributed by atoms with Crippen molar-refractivity contribution < 1.29 is 13.2 Å². The van der Waals surface area contributed by atoms with Crippen LogP contribution >= 0.6 is 0 Å². The summed E-state index contributed by atoms with van der Waals surface area (Å²) in [5, 5.41) is -0.354. The summed E-state index contributed by atoms with van der Waals surface area (Å²) in [4.78, 5) is 11.6. The SMILES string of the molecule is CC(C)C[C@H](CN)CC(=O)NS(=O)(=O)C1CC1. The molecule has 1 saturated carbocycles. The van der Waals surface area contributed by atoms with Crippen molar-refractivity contribution in [3.05, 3.63) is 0 Å². The van der Waals surface area contributed by atoms with Crippen LogP contribution in [0.3, 0.4) is 0 Å². The third kappa shape index (κ3) is 5.04. The first-order chi connectivity index (χ1) is 7.85. The molecule has 1 fully saturated rings. The van der Waals surface area contributed by atoms with Crippen molar-refractivity contribution in [1.82, 2.24) is 4.72 Å². The molecule has 6 heteroatoms. The van der Waals surface area contributed by atoms with Crippen LogP contribution in [0.2, 0.25) is 0 Å². The number of nitrogens with one attached hydrogen (secondary N) is 1. The van der Waals surface area contributed by atoms with Gasteiger partial charge < -0.3 is 5.73 Å². The van der Waals surface area contributed by atoms with E-state index in [0.717, 1.165) is 6.42 Å². The molecule has 1 aliphatic rings. The van der Waals surface area contributed by atoms with Crippen LogP contribution in [-0.4, -0.2) is 26.1 Å². The lowest BCUT2D eigenvalue weighted by atomic mass is 9.94. The maximum atomic E-state index is 11.6. The van der Waals surface area contributed by atoms with E-state index in [4.69, 9.17) is 5.73 Å². The van der Waals surface area contributed by atoms with Crippen molar-refractivity contribution in [3.63, 3.8) is 0 Å². The highest BCUT2D eigenvalue weighted by Gasteiger charge is 2.36. The Morgan fingerprint density at radius 1 is 1.41 bits per heavy atom. The summed E-state index contributed by atoms with van der Waals surface area (Å²) in [6.45, 7) is 4.53. The van der Waals surface area contributed by atoms with E-state index in [9.17, 15) is 13.2 Å². The molecule has 1 rings (SSSR count). The molecule has 0 aromatic carbocycles. The van der Waals surface area contributed by atoms with Crippen LogP contribution in [0, 0.1) is 11.8 Å². The molecule has 0 aliphatic heterocycles. The van der Waals surface area contributed by atoms with Gasteiger partial charge in [0, 0.05) is 6.42 Å². The Labute approximate surface area is 103 Å². The van der Waals surface area contributed by atoms with E-state index in [1.807, 2.05) is 0 Å². The van der Waals surface area contributed by atoms with E-state index >= 15 is 0 Å². The summed E-state index contributed by atoms with van der Waals surface area (Å²) in [6, 6.07) is 0. The summed E-state index contributed by atoms with van der Waals surface area (Å²) in [7, 11) is -3.41. The van der Waals surface area contributed by atoms with Crippen molar-refractivity contribution in [3.8, 4) is 0 Å². The van der Waals surface area contributed by atoms with Gasteiger partial charge in [-0.1, -0.05) is 13.8 Å². The molecule has 1 amide bonds. The molecule has 0 unspecified atom stereocenters. The number of hydrogen-bond acceptors (Lipinski definition) is 4. The Bertz CT molecular complexity index is 361. The van der Waals surface area contributed by atoms with Gasteiger partial charge in [0.15, 0.2) is 0 Å². The fraction of sp³-hybridized carbons (Fsp3) is 0.909. The molecule has 3 N–H and O–H groups in total. The van der Waals surface area contributed by atoms with E-state index in [-0.39, 0.29) is 17.6 Å². The highest BCUT2D eigenvalue weighted by molar-refractivity contribution is 7.90. The van der Waals surface area contributed by atoms with Gasteiger partial charge in [0.2, 0.25) is 15.9 Å². The molecule has 1 atom stereocenters. The smallest absolute Gasteiger partial charge is 0.237 e. The van der Waals surface area contributed by atoms with Crippen LogP contribution in [-0.2, 0) is 14.8 Å². The first-order valence-electron chi connectivity index (χ1n) is 6.09. The van der Waals surface area contributed by atoms with E-state index in [1.165, 1.54) is 0 Å². The molecule has 0 saturated heterocycles. The van der Waals surface area contributed by atoms with Crippen LogP contribution in [0.4, 0.5) is 0 Å². The van der Waals surface area contributed by atoms with Crippen molar-refractivity contribution in [1.29, 1.82) is 0 Å². The summed E-state index contributed by atoms with van der Waals surface area (Å²) in [5.41, 5.74) is 5.58. The predicted molar refractivity (Wildman–Crippen MR) is 66.7 cm³/mol. The largest absolute Gasteiger partial charge is 0.330 e. The zero-order valence-corrected chi connectivity index (χ0v) is 11.3. The number of hydrogen-bond donors (Lipinski definition) is 2. The second kappa shape index (κ2) is 5.82. The molecule has 0 aromatic rings. The standard InChI is InChI=1S/C11H22N2O3S/c1-8(2)5-9(7-12)6-11(14)13-17(15,16)10-3-4-10/h8-10H,3-7,12H2,1-2H3,(H,13,14)/t9-/m0/s1. The molecule has 100 valence electrons. The van der Waals surface area contributed by atoms with Gasteiger partial charge in [-0.05, 0) is 37.6 Å². The Hall–Kier alpha value is -0.620. The van der Waals surface area contributed by atoms with E-state index in [2.05, 4.69) is 18.6 Å². The number of carbonyl (C=O) groups excluding carboxylic acids is 1. The third-order valence-corrected chi connectivity index (χ3v) is 4.69. The lowest BCUT2D eigenvalue weighted by Crippen LogP contribution is -2.35. The molecule has 17 heavy (non-hydrogen) atoms. The van der Waals surface area contributed by atoms with Gasteiger partial charge in [-0.3, -0.25) is 9.52 Å². The van der Waals surface area contributed by atoms with Gasteiger partial charge in [-0.2, -0.15) is 0 Å². The van der Waals surface area contributed by atoms with Crippen LogP contribution < -0.4 is 10.5 Å². The molecular weight excluding hydrogens is 240 g/mol. The molecule has 0 aromatic heterocycles. The topological polar surface area (TPSA) is 89.3 Å². The van der Waals surface area contributed by atoms with E-state index in [0.29, 0.717) is 25.3 Å². The summed E-state index contributed by atoms with van der Waals surface area (Å²) in [5.74, 6) is 0.0915. The monoisotopic (exact) mass is 262 g/mol. The maximum Gasteiger partial charge on any atom is 0.237 e. The van der Waals surface area contributed by atoms with Gasteiger partial charge in [-0.25, -0.2) is 8.42 Å². The zero-order valence-electron chi connectivity index (χ0n) is 10.5. The molecule has 0 bridgehead atoms. The second-order valence-electron chi connectivity index (χ2n) is 5.21. The highest BCUT2D eigenvalue weighted by Crippen LogP contribution is 2.27. The quantitative estimate of drug-likeness (QED) is 0.703. The van der Waals surface area contributed by atoms with Gasteiger partial charge in [0.1, 0.15) is 0 Å². The molecule has 0 heterocycles. The third-order valence-electron chi connectivity index (χ3n) is 2.83. The van der Waals surface area contributed by atoms with Crippen LogP contribution in [0.25, 0.3) is 0 Å². The number of sulfonamides is 1. The van der Waals surface area contributed by atoms with Crippen molar-refractivity contribution in [2.24, 2.45) is 17.6 Å². The molecular formula is C11H22N2O3S. The lowest BCUT2D eigenvalue weighted by molar-refractivity contribution is -0.120. The molecule has 1 aliphatic carbocycles.